The highest BCUT2D eigenvalue weighted by Gasteiger charge is 2.19. The molecule has 4 nitrogen and oxygen atoms in total. The van der Waals surface area contributed by atoms with Crippen LogP contribution in [-0.2, 0) is 6.54 Å². The Morgan fingerprint density at radius 1 is 1.12 bits per heavy atom. The van der Waals surface area contributed by atoms with E-state index in [-0.39, 0.29) is 16.7 Å². The second kappa shape index (κ2) is 7.41. The van der Waals surface area contributed by atoms with Crippen LogP contribution in [0.5, 0.6) is 0 Å². The van der Waals surface area contributed by atoms with Gasteiger partial charge in [0.1, 0.15) is 27.4 Å². The maximum atomic E-state index is 13.0. The molecule has 0 saturated carbocycles. The van der Waals surface area contributed by atoms with Crippen molar-refractivity contribution < 1.29 is 8.78 Å². The van der Waals surface area contributed by atoms with Gasteiger partial charge in [-0.25, -0.2) is 23.7 Å². The maximum Gasteiger partial charge on any atom is 0.282 e. The van der Waals surface area contributed by atoms with Gasteiger partial charge in [0.15, 0.2) is 0 Å². The topological polar surface area (TPSA) is 50.7 Å². The Balaban J connectivity index is 1.76. The lowest BCUT2D eigenvalue weighted by Crippen LogP contribution is -2.07. The smallest absolute Gasteiger partial charge is 0.282 e. The molecule has 2 heterocycles. The van der Waals surface area contributed by atoms with Crippen LogP contribution >= 0.6 is 22.9 Å². The van der Waals surface area contributed by atoms with Crippen LogP contribution in [-0.4, -0.2) is 15.0 Å². The summed E-state index contributed by atoms with van der Waals surface area (Å²) in [6, 6.07) is 8.10. The predicted octanol–water partition coefficient (Wildman–Crippen LogP) is 5.42. The van der Waals surface area contributed by atoms with Crippen LogP contribution in [0.25, 0.3) is 10.6 Å². The number of thiazole rings is 1. The van der Waals surface area contributed by atoms with Gasteiger partial charge in [-0.15, -0.1) is 11.3 Å². The third-order valence-electron chi connectivity index (χ3n) is 3.48. The molecule has 2 aromatic heterocycles. The molecule has 0 unspecified atom stereocenters. The standard InChI is InChI=1S/C17H15ClF2N4S/c1-9-3-5-11(6-4-9)17-24-12(8-25-17)7-21-16-13(18)14(15(19)20)22-10(2)23-16/h3-6,8,15H,7H2,1-2H3,(H,21,22,23). The van der Waals surface area contributed by atoms with E-state index in [9.17, 15) is 8.78 Å². The molecule has 0 atom stereocenters. The Hall–Kier alpha value is -2.12. The fourth-order valence-corrected chi connectivity index (χ4v) is 3.29. The van der Waals surface area contributed by atoms with E-state index < -0.39 is 12.1 Å². The summed E-state index contributed by atoms with van der Waals surface area (Å²) < 4.78 is 25.9. The molecule has 1 aromatic carbocycles. The molecule has 1 N–H and O–H groups in total. The number of aryl methyl sites for hydroxylation is 2. The van der Waals surface area contributed by atoms with E-state index in [0.717, 1.165) is 16.3 Å². The highest BCUT2D eigenvalue weighted by molar-refractivity contribution is 7.13. The van der Waals surface area contributed by atoms with Gasteiger partial charge in [0.25, 0.3) is 6.43 Å². The zero-order valence-electron chi connectivity index (χ0n) is 13.6. The van der Waals surface area contributed by atoms with Crippen molar-refractivity contribution in [3.05, 3.63) is 57.4 Å². The van der Waals surface area contributed by atoms with Crippen LogP contribution in [0.15, 0.2) is 29.6 Å². The van der Waals surface area contributed by atoms with Crippen LogP contribution < -0.4 is 5.32 Å². The van der Waals surface area contributed by atoms with Crippen molar-refractivity contribution in [1.29, 1.82) is 0 Å². The summed E-state index contributed by atoms with van der Waals surface area (Å²) in [6.45, 7) is 3.91. The first kappa shape index (κ1) is 17.7. The van der Waals surface area contributed by atoms with Crippen LogP contribution in [0.3, 0.4) is 0 Å². The lowest BCUT2D eigenvalue weighted by atomic mass is 10.2. The number of benzene rings is 1. The van der Waals surface area contributed by atoms with Gasteiger partial charge in [-0.2, -0.15) is 0 Å². The molecule has 8 heteroatoms. The van der Waals surface area contributed by atoms with E-state index >= 15 is 0 Å². The zero-order chi connectivity index (χ0) is 18.0. The Morgan fingerprint density at radius 2 is 1.84 bits per heavy atom. The molecular formula is C17H15ClF2N4S. The number of nitrogens with zero attached hydrogens (tertiary/aromatic N) is 3. The third-order valence-corrected chi connectivity index (χ3v) is 4.80. The van der Waals surface area contributed by atoms with Crippen LogP contribution in [0, 0.1) is 13.8 Å². The van der Waals surface area contributed by atoms with E-state index in [2.05, 4.69) is 20.3 Å². The van der Waals surface area contributed by atoms with Gasteiger partial charge < -0.3 is 5.32 Å². The van der Waals surface area contributed by atoms with Crippen molar-refractivity contribution in [2.45, 2.75) is 26.8 Å². The molecule has 25 heavy (non-hydrogen) atoms. The van der Waals surface area contributed by atoms with Crippen molar-refractivity contribution >= 4 is 28.8 Å². The number of hydrogen-bond acceptors (Lipinski definition) is 5. The van der Waals surface area contributed by atoms with Gasteiger partial charge in [-0.1, -0.05) is 41.4 Å². The average molecular weight is 381 g/mol. The summed E-state index contributed by atoms with van der Waals surface area (Å²) in [5, 5.41) is 5.62. The summed E-state index contributed by atoms with van der Waals surface area (Å²) in [5.41, 5.74) is 2.55. The monoisotopic (exact) mass is 380 g/mol. The highest BCUT2D eigenvalue weighted by Crippen LogP contribution is 2.31. The quantitative estimate of drug-likeness (QED) is 0.642. The van der Waals surface area contributed by atoms with Gasteiger partial charge in [0.2, 0.25) is 0 Å². The number of nitrogens with one attached hydrogen (secondary N) is 1. The summed E-state index contributed by atoms with van der Waals surface area (Å²) in [7, 11) is 0. The lowest BCUT2D eigenvalue weighted by molar-refractivity contribution is 0.146. The number of halogens is 3. The van der Waals surface area contributed by atoms with Gasteiger partial charge in [0, 0.05) is 10.9 Å². The Labute approximate surface area is 152 Å². The maximum absolute atomic E-state index is 13.0. The summed E-state index contributed by atoms with van der Waals surface area (Å²) >= 11 is 7.49. The van der Waals surface area contributed by atoms with Crippen LogP contribution in [0.4, 0.5) is 14.6 Å². The normalized spacial score (nSPS) is 11.1. The Kier molecular flexibility index (Phi) is 5.24. The molecule has 0 aliphatic rings. The first-order valence-corrected chi connectivity index (χ1v) is 8.77. The molecule has 0 radical (unpaired) electrons. The second-order valence-corrected chi connectivity index (χ2v) is 6.72. The van der Waals surface area contributed by atoms with Crippen molar-refractivity contribution in [1.82, 2.24) is 15.0 Å². The van der Waals surface area contributed by atoms with E-state index in [0.29, 0.717) is 6.54 Å². The highest BCUT2D eigenvalue weighted by atomic mass is 35.5. The van der Waals surface area contributed by atoms with Crippen molar-refractivity contribution in [3.8, 4) is 10.6 Å². The molecule has 0 aliphatic heterocycles. The summed E-state index contributed by atoms with van der Waals surface area (Å²) in [5.74, 6) is 0.426. The first-order valence-electron chi connectivity index (χ1n) is 7.51. The zero-order valence-corrected chi connectivity index (χ0v) is 15.1. The van der Waals surface area contributed by atoms with Crippen molar-refractivity contribution in [3.63, 3.8) is 0 Å². The molecular weight excluding hydrogens is 366 g/mol. The van der Waals surface area contributed by atoms with E-state index in [1.165, 1.54) is 16.9 Å². The molecule has 0 bridgehead atoms. The minimum atomic E-state index is -2.75. The minimum absolute atomic E-state index is 0.158. The Bertz CT molecular complexity index is 881. The van der Waals surface area contributed by atoms with Crippen LogP contribution in [0.2, 0.25) is 5.02 Å². The predicted molar refractivity (Wildman–Crippen MR) is 96.3 cm³/mol. The van der Waals surface area contributed by atoms with Crippen LogP contribution in [0.1, 0.15) is 29.2 Å². The molecule has 3 rings (SSSR count). The van der Waals surface area contributed by atoms with Gasteiger partial charge in [0.05, 0.1) is 12.2 Å². The average Bonchev–Trinajstić information content (AvgIpc) is 3.04. The minimum Gasteiger partial charge on any atom is -0.363 e. The number of aromatic nitrogens is 3. The molecule has 0 saturated heterocycles. The lowest BCUT2D eigenvalue weighted by Gasteiger charge is -2.10. The summed E-state index contributed by atoms with van der Waals surface area (Å²) in [4.78, 5) is 12.3. The van der Waals surface area contributed by atoms with E-state index in [1.54, 1.807) is 6.92 Å². The third kappa shape index (κ3) is 4.11. The SMILES string of the molecule is Cc1ccc(-c2nc(CNc3nc(C)nc(C(F)F)c3Cl)cs2)cc1. The molecule has 0 aliphatic carbocycles. The van der Waals surface area contributed by atoms with Gasteiger partial charge in [-0.05, 0) is 13.8 Å². The first-order chi connectivity index (χ1) is 11.9. The summed E-state index contributed by atoms with van der Waals surface area (Å²) in [6.07, 6.45) is -2.75. The van der Waals surface area contributed by atoms with Gasteiger partial charge >= 0.3 is 0 Å². The van der Waals surface area contributed by atoms with E-state index in [1.807, 2.05) is 36.6 Å². The largest absolute Gasteiger partial charge is 0.363 e. The molecule has 130 valence electrons. The number of rotatable bonds is 5. The number of anilines is 1. The molecule has 0 spiro atoms. The molecule has 0 fully saturated rings. The van der Waals surface area contributed by atoms with Gasteiger partial charge in [-0.3, -0.25) is 0 Å². The van der Waals surface area contributed by atoms with E-state index in [4.69, 9.17) is 11.6 Å². The number of alkyl halides is 2. The number of hydrogen-bond donors (Lipinski definition) is 1. The Morgan fingerprint density at radius 3 is 2.52 bits per heavy atom. The molecule has 3 aromatic rings. The second-order valence-electron chi connectivity index (χ2n) is 5.48. The molecule has 0 amide bonds. The fourth-order valence-electron chi connectivity index (χ4n) is 2.23. The van der Waals surface area contributed by atoms with Crippen molar-refractivity contribution in [2.75, 3.05) is 5.32 Å². The van der Waals surface area contributed by atoms with Crippen molar-refractivity contribution in [2.24, 2.45) is 0 Å². The fraction of sp³-hybridized carbons (Fsp3) is 0.235.